The summed E-state index contributed by atoms with van der Waals surface area (Å²) >= 11 is 0. The Morgan fingerprint density at radius 1 is 1.10 bits per heavy atom. The topological polar surface area (TPSA) is 67.2 Å². The standard InChI is InChI=1S/C23H23FN4O2/c1-27(2)22(30)14-16-4-11-20(12-5-16)26-21(29)13-8-18-15-25-28(3)23(18)17-6-9-19(24)10-7-17/h4-13,15H,14H2,1-3H3,(H,26,29)/b13-8+. The van der Waals surface area contributed by atoms with E-state index in [0.29, 0.717) is 12.1 Å². The average Bonchev–Trinajstić information content (AvgIpc) is 3.09. The molecule has 6 nitrogen and oxygen atoms in total. The van der Waals surface area contributed by atoms with E-state index < -0.39 is 0 Å². The molecule has 0 spiro atoms. The van der Waals surface area contributed by atoms with Crippen molar-refractivity contribution in [3.63, 3.8) is 0 Å². The molecule has 0 saturated carbocycles. The number of nitrogens with one attached hydrogen (secondary N) is 1. The Morgan fingerprint density at radius 2 is 1.77 bits per heavy atom. The molecule has 30 heavy (non-hydrogen) atoms. The van der Waals surface area contributed by atoms with Crippen LogP contribution in [0.25, 0.3) is 17.3 Å². The second kappa shape index (κ2) is 9.17. The van der Waals surface area contributed by atoms with Gasteiger partial charge in [-0.25, -0.2) is 4.39 Å². The minimum absolute atomic E-state index is 0.0168. The van der Waals surface area contributed by atoms with Gasteiger partial charge in [0.15, 0.2) is 0 Å². The number of hydrogen-bond donors (Lipinski definition) is 1. The van der Waals surface area contributed by atoms with E-state index >= 15 is 0 Å². The second-order valence-corrected chi connectivity index (χ2v) is 7.06. The fraction of sp³-hybridized carbons (Fsp3) is 0.174. The SMILES string of the molecule is CN(C)C(=O)Cc1ccc(NC(=O)/C=C/c2cnn(C)c2-c2ccc(F)cc2)cc1. The smallest absolute Gasteiger partial charge is 0.248 e. The van der Waals surface area contributed by atoms with Crippen molar-refractivity contribution in [1.82, 2.24) is 14.7 Å². The van der Waals surface area contributed by atoms with Gasteiger partial charge in [-0.2, -0.15) is 5.10 Å². The molecule has 3 aromatic rings. The highest BCUT2D eigenvalue weighted by atomic mass is 19.1. The molecule has 0 aliphatic rings. The molecule has 7 heteroatoms. The summed E-state index contributed by atoms with van der Waals surface area (Å²) in [4.78, 5) is 25.6. The molecule has 1 aromatic heterocycles. The lowest BCUT2D eigenvalue weighted by atomic mass is 10.1. The zero-order chi connectivity index (χ0) is 21.7. The van der Waals surface area contributed by atoms with Crippen molar-refractivity contribution in [3.05, 3.63) is 77.7 Å². The van der Waals surface area contributed by atoms with Crippen molar-refractivity contribution in [2.75, 3.05) is 19.4 Å². The number of aryl methyl sites for hydroxylation is 1. The van der Waals surface area contributed by atoms with Gasteiger partial charge in [0.25, 0.3) is 0 Å². The number of halogens is 1. The van der Waals surface area contributed by atoms with Crippen molar-refractivity contribution in [3.8, 4) is 11.3 Å². The van der Waals surface area contributed by atoms with Crippen LogP contribution >= 0.6 is 0 Å². The van der Waals surface area contributed by atoms with Crippen LogP contribution in [0.15, 0.2) is 60.8 Å². The third-order valence-electron chi connectivity index (χ3n) is 4.57. The highest BCUT2D eigenvalue weighted by molar-refractivity contribution is 6.02. The van der Waals surface area contributed by atoms with Crippen molar-refractivity contribution in [2.45, 2.75) is 6.42 Å². The van der Waals surface area contributed by atoms with E-state index in [9.17, 15) is 14.0 Å². The first-order valence-electron chi connectivity index (χ1n) is 9.39. The largest absolute Gasteiger partial charge is 0.349 e. The molecule has 1 heterocycles. The predicted molar refractivity (Wildman–Crippen MR) is 115 cm³/mol. The highest BCUT2D eigenvalue weighted by Gasteiger charge is 2.10. The van der Waals surface area contributed by atoms with Crippen LogP contribution in [0.2, 0.25) is 0 Å². The Labute approximate surface area is 174 Å². The summed E-state index contributed by atoms with van der Waals surface area (Å²) in [5.74, 6) is -0.585. The molecule has 2 amide bonds. The molecule has 0 radical (unpaired) electrons. The summed E-state index contributed by atoms with van der Waals surface area (Å²) in [7, 11) is 5.22. The lowest BCUT2D eigenvalue weighted by molar-refractivity contribution is -0.128. The first-order valence-corrected chi connectivity index (χ1v) is 9.39. The molecule has 1 N–H and O–H groups in total. The predicted octanol–water partition coefficient (Wildman–Crippen LogP) is 3.51. The molecule has 154 valence electrons. The van der Waals surface area contributed by atoms with Gasteiger partial charge in [0, 0.05) is 44.0 Å². The maximum atomic E-state index is 13.2. The third-order valence-corrected chi connectivity index (χ3v) is 4.57. The van der Waals surface area contributed by atoms with E-state index in [4.69, 9.17) is 0 Å². The van der Waals surface area contributed by atoms with Crippen molar-refractivity contribution in [1.29, 1.82) is 0 Å². The lowest BCUT2D eigenvalue weighted by Gasteiger charge is -2.10. The van der Waals surface area contributed by atoms with Gasteiger partial charge in [-0.1, -0.05) is 12.1 Å². The number of likely N-dealkylation sites (N-methyl/N-ethyl adjacent to an activating group) is 1. The number of rotatable bonds is 6. The van der Waals surface area contributed by atoms with E-state index in [-0.39, 0.29) is 17.6 Å². The number of aromatic nitrogens is 2. The number of amides is 2. The summed E-state index contributed by atoms with van der Waals surface area (Å²) in [6.07, 6.45) is 5.06. The molecule has 0 bridgehead atoms. The summed E-state index contributed by atoms with van der Waals surface area (Å²) in [5.41, 5.74) is 3.85. The van der Waals surface area contributed by atoms with Crippen LogP contribution in [0.4, 0.5) is 10.1 Å². The van der Waals surface area contributed by atoms with Gasteiger partial charge in [-0.3, -0.25) is 14.3 Å². The number of hydrogen-bond acceptors (Lipinski definition) is 3. The van der Waals surface area contributed by atoms with Gasteiger partial charge in [0.2, 0.25) is 11.8 Å². The Balaban J connectivity index is 1.67. The van der Waals surface area contributed by atoms with Crippen molar-refractivity contribution in [2.24, 2.45) is 7.05 Å². The molecule has 0 aliphatic carbocycles. The van der Waals surface area contributed by atoms with E-state index in [1.807, 2.05) is 12.1 Å². The normalized spacial score (nSPS) is 10.9. The highest BCUT2D eigenvalue weighted by Crippen LogP contribution is 2.24. The molecule has 0 saturated heterocycles. The van der Waals surface area contributed by atoms with Gasteiger partial charge in [-0.05, 0) is 48.0 Å². The minimum Gasteiger partial charge on any atom is -0.349 e. The number of carbonyl (C=O) groups is 2. The van der Waals surface area contributed by atoms with Gasteiger partial charge < -0.3 is 10.2 Å². The maximum Gasteiger partial charge on any atom is 0.248 e. The molecule has 0 atom stereocenters. The fourth-order valence-corrected chi connectivity index (χ4v) is 2.93. The molecule has 2 aromatic carbocycles. The average molecular weight is 406 g/mol. The number of nitrogens with zero attached hydrogens (tertiary/aromatic N) is 3. The van der Waals surface area contributed by atoms with Crippen LogP contribution in [-0.4, -0.2) is 40.6 Å². The number of carbonyl (C=O) groups excluding carboxylic acids is 2. The zero-order valence-electron chi connectivity index (χ0n) is 17.1. The monoisotopic (exact) mass is 406 g/mol. The van der Waals surface area contributed by atoms with E-state index in [1.54, 1.807) is 67.3 Å². The van der Waals surface area contributed by atoms with Crippen LogP contribution in [0, 0.1) is 5.82 Å². The summed E-state index contributed by atoms with van der Waals surface area (Å²) < 4.78 is 14.9. The summed E-state index contributed by atoms with van der Waals surface area (Å²) in [6, 6.07) is 13.3. The third kappa shape index (κ3) is 5.20. The maximum absolute atomic E-state index is 13.2. The van der Waals surface area contributed by atoms with E-state index in [2.05, 4.69) is 10.4 Å². The molecule has 0 fully saturated rings. The first kappa shape index (κ1) is 21.0. The fourth-order valence-electron chi connectivity index (χ4n) is 2.93. The Morgan fingerprint density at radius 3 is 2.40 bits per heavy atom. The minimum atomic E-state index is -0.311. The number of benzene rings is 2. The van der Waals surface area contributed by atoms with Crippen molar-refractivity contribution >= 4 is 23.6 Å². The molecular weight excluding hydrogens is 383 g/mol. The molecule has 0 aliphatic heterocycles. The Bertz CT molecular complexity index is 1070. The van der Waals surface area contributed by atoms with Crippen LogP contribution in [-0.2, 0) is 23.1 Å². The quantitative estimate of drug-likeness (QED) is 0.637. The van der Waals surface area contributed by atoms with E-state index in [0.717, 1.165) is 22.4 Å². The molecular formula is C23H23FN4O2. The van der Waals surface area contributed by atoms with Crippen molar-refractivity contribution < 1.29 is 14.0 Å². The second-order valence-electron chi connectivity index (χ2n) is 7.06. The van der Waals surface area contributed by atoms with Gasteiger partial charge >= 0.3 is 0 Å². The first-order chi connectivity index (χ1) is 14.3. The number of anilines is 1. The zero-order valence-corrected chi connectivity index (χ0v) is 17.1. The van der Waals surface area contributed by atoms with Crippen LogP contribution < -0.4 is 5.32 Å². The van der Waals surface area contributed by atoms with Crippen LogP contribution in [0.1, 0.15) is 11.1 Å². The summed E-state index contributed by atoms with van der Waals surface area (Å²) in [5, 5.41) is 7.02. The molecule has 0 unspecified atom stereocenters. The Kier molecular flexibility index (Phi) is 6.41. The van der Waals surface area contributed by atoms with Crippen LogP contribution in [0.5, 0.6) is 0 Å². The van der Waals surface area contributed by atoms with Gasteiger partial charge in [-0.15, -0.1) is 0 Å². The summed E-state index contributed by atoms with van der Waals surface area (Å²) in [6.45, 7) is 0. The lowest BCUT2D eigenvalue weighted by Crippen LogP contribution is -2.23. The van der Waals surface area contributed by atoms with Crippen LogP contribution in [0.3, 0.4) is 0 Å². The van der Waals surface area contributed by atoms with Gasteiger partial charge in [0.1, 0.15) is 5.82 Å². The Hall–Kier alpha value is -3.74. The van der Waals surface area contributed by atoms with Gasteiger partial charge in [0.05, 0.1) is 18.3 Å². The van der Waals surface area contributed by atoms with E-state index in [1.165, 1.54) is 18.2 Å². The molecule has 3 rings (SSSR count).